The van der Waals surface area contributed by atoms with Gasteiger partial charge in [-0.2, -0.15) is 0 Å². The summed E-state index contributed by atoms with van der Waals surface area (Å²) in [6, 6.07) is 6.94. The molecule has 0 bridgehead atoms. The van der Waals surface area contributed by atoms with Crippen LogP contribution in [0.4, 0.5) is 0 Å². The standard InChI is InChI=1S/C19H25NO3/c1-4-6-11-20(12-7-5-2)19(22)16-13-17(21)23-18-14(3)9-8-10-15(16)18/h8-10,13H,4-7,11-12H2,1-3H3. The van der Waals surface area contributed by atoms with Crippen molar-refractivity contribution in [3.63, 3.8) is 0 Å². The van der Waals surface area contributed by atoms with Gasteiger partial charge in [0.15, 0.2) is 0 Å². The van der Waals surface area contributed by atoms with Crippen molar-refractivity contribution in [1.82, 2.24) is 4.90 Å². The zero-order chi connectivity index (χ0) is 16.8. The van der Waals surface area contributed by atoms with E-state index in [0.29, 0.717) is 16.5 Å². The van der Waals surface area contributed by atoms with Gasteiger partial charge in [-0.25, -0.2) is 4.79 Å². The molecule has 0 N–H and O–H groups in total. The van der Waals surface area contributed by atoms with Crippen LogP contribution in [0.2, 0.25) is 0 Å². The van der Waals surface area contributed by atoms with Gasteiger partial charge in [-0.05, 0) is 25.3 Å². The fraction of sp³-hybridized carbons (Fsp3) is 0.474. The van der Waals surface area contributed by atoms with E-state index in [4.69, 9.17) is 4.42 Å². The Morgan fingerprint density at radius 2 is 1.78 bits per heavy atom. The van der Waals surface area contributed by atoms with Crippen LogP contribution in [0.15, 0.2) is 33.5 Å². The van der Waals surface area contributed by atoms with E-state index < -0.39 is 5.63 Å². The molecule has 0 aliphatic carbocycles. The molecule has 2 aromatic rings. The van der Waals surface area contributed by atoms with Gasteiger partial charge in [-0.15, -0.1) is 0 Å². The number of hydrogen-bond donors (Lipinski definition) is 0. The maximum atomic E-state index is 13.0. The second-order valence-electron chi connectivity index (χ2n) is 5.93. The van der Waals surface area contributed by atoms with E-state index in [1.165, 1.54) is 6.07 Å². The maximum Gasteiger partial charge on any atom is 0.337 e. The first kappa shape index (κ1) is 17.3. The third kappa shape index (κ3) is 4.01. The Morgan fingerprint density at radius 3 is 2.39 bits per heavy atom. The van der Waals surface area contributed by atoms with Crippen molar-refractivity contribution >= 4 is 16.9 Å². The van der Waals surface area contributed by atoms with Gasteiger partial charge in [0.05, 0.1) is 5.56 Å². The Bertz CT molecular complexity index is 725. The van der Waals surface area contributed by atoms with Gasteiger partial charge in [0.2, 0.25) is 0 Å². The minimum Gasteiger partial charge on any atom is -0.422 e. The van der Waals surface area contributed by atoms with Gasteiger partial charge in [0.25, 0.3) is 5.91 Å². The van der Waals surface area contributed by atoms with Crippen molar-refractivity contribution in [3.8, 4) is 0 Å². The third-order valence-electron chi connectivity index (χ3n) is 4.05. The van der Waals surface area contributed by atoms with E-state index in [0.717, 1.165) is 44.3 Å². The number of carbonyl (C=O) groups excluding carboxylic acids is 1. The molecular weight excluding hydrogens is 290 g/mol. The van der Waals surface area contributed by atoms with Gasteiger partial charge >= 0.3 is 5.63 Å². The molecule has 0 radical (unpaired) electrons. The molecule has 2 rings (SSSR count). The van der Waals surface area contributed by atoms with E-state index in [1.54, 1.807) is 0 Å². The van der Waals surface area contributed by atoms with Crippen LogP contribution in [0.1, 0.15) is 55.5 Å². The first-order valence-electron chi connectivity index (χ1n) is 8.41. The van der Waals surface area contributed by atoms with Crippen molar-refractivity contribution < 1.29 is 9.21 Å². The SMILES string of the molecule is CCCCN(CCCC)C(=O)c1cc(=O)oc2c(C)cccc12. The quantitative estimate of drug-likeness (QED) is 0.721. The van der Waals surface area contributed by atoms with Crippen LogP contribution < -0.4 is 5.63 Å². The summed E-state index contributed by atoms with van der Waals surface area (Å²) in [5, 5.41) is 0.715. The number of aryl methyl sites for hydroxylation is 1. The van der Waals surface area contributed by atoms with Crippen LogP contribution in [-0.2, 0) is 0 Å². The summed E-state index contributed by atoms with van der Waals surface area (Å²) in [5.74, 6) is -0.0737. The molecule has 0 fully saturated rings. The van der Waals surface area contributed by atoms with Crippen molar-refractivity contribution in [2.24, 2.45) is 0 Å². The summed E-state index contributed by atoms with van der Waals surface area (Å²) in [6.45, 7) is 7.55. The summed E-state index contributed by atoms with van der Waals surface area (Å²) >= 11 is 0. The van der Waals surface area contributed by atoms with Crippen molar-refractivity contribution in [3.05, 3.63) is 45.8 Å². The van der Waals surface area contributed by atoms with Crippen molar-refractivity contribution in [2.45, 2.75) is 46.5 Å². The van der Waals surface area contributed by atoms with Crippen LogP contribution in [0.3, 0.4) is 0 Å². The summed E-state index contributed by atoms with van der Waals surface area (Å²) in [7, 11) is 0. The topological polar surface area (TPSA) is 50.5 Å². The maximum absolute atomic E-state index is 13.0. The molecule has 1 amide bonds. The fourth-order valence-corrected chi connectivity index (χ4v) is 2.69. The van der Waals surface area contributed by atoms with E-state index in [9.17, 15) is 9.59 Å². The third-order valence-corrected chi connectivity index (χ3v) is 4.05. The second-order valence-corrected chi connectivity index (χ2v) is 5.93. The Hall–Kier alpha value is -2.10. The molecule has 4 nitrogen and oxygen atoms in total. The number of para-hydroxylation sites is 1. The normalized spacial score (nSPS) is 10.9. The minimum absolute atomic E-state index is 0.0737. The van der Waals surface area contributed by atoms with Crippen molar-refractivity contribution in [1.29, 1.82) is 0 Å². The van der Waals surface area contributed by atoms with Crippen molar-refractivity contribution in [2.75, 3.05) is 13.1 Å². The average molecular weight is 315 g/mol. The highest BCUT2D eigenvalue weighted by Gasteiger charge is 2.19. The molecule has 0 spiro atoms. The lowest BCUT2D eigenvalue weighted by Crippen LogP contribution is -2.33. The Kier molecular flexibility index (Phi) is 5.97. The molecule has 0 unspecified atom stereocenters. The number of fused-ring (bicyclic) bond motifs is 1. The van der Waals surface area contributed by atoms with Crippen LogP contribution in [0.25, 0.3) is 11.0 Å². The van der Waals surface area contributed by atoms with Crippen LogP contribution in [0, 0.1) is 6.92 Å². The van der Waals surface area contributed by atoms with E-state index in [1.807, 2.05) is 30.0 Å². The molecule has 4 heteroatoms. The fourth-order valence-electron chi connectivity index (χ4n) is 2.69. The number of rotatable bonds is 7. The van der Waals surface area contributed by atoms with E-state index >= 15 is 0 Å². The molecule has 0 saturated carbocycles. The summed E-state index contributed by atoms with van der Waals surface area (Å²) in [5.41, 5.74) is 1.35. The summed E-state index contributed by atoms with van der Waals surface area (Å²) in [4.78, 5) is 26.7. The largest absolute Gasteiger partial charge is 0.422 e. The minimum atomic E-state index is -0.471. The monoisotopic (exact) mass is 315 g/mol. The highest BCUT2D eigenvalue weighted by atomic mass is 16.4. The Morgan fingerprint density at radius 1 is 1.13 bits per heavy atom. The molecule has 1 aromatic carbocycles. The number of nitrogens with zero attached hydrogens (tertiary/aromatic N) is 1. The predicted octanol–water partition coefficient (Wildman–Crippen LogP) is 4.14. The highest BCUT2D eigenvalue weighted by Crippen LogP contribution is 2.22. The van der Waals surface area contributed by atoms with Gasteiger partial charge < -0.3 is 9.32 Å². The van der Waals surface area contributed by atoms with Gasteiger partial charge in [-0.1, -0.05) is 44.9 Å². The molecular formula is C19H25NO3. The van der Waals surface area contributed by atoms with E-state index in [-0.39, 0.29) is 5.91 Å². The Labute approximate surface area is 137 Å². The van der Waals surface area contributed by atoms with Crippen LogP contribution >= 0.6 is 0 Å². The molecule has 0 saturated heterocycles. The predicted molar refractivity (Wildman–Crippen MR) is 92.9 cm³/mol. The zero-order valence-corrected chi connectivity index (χ0v) is 14.2. The van der Waals surface area contributed by atoms with Gasteiger partial charge in [-0.3, -0.25) is 4.79 Å². The number of carbonyl (C=O) groups is 1. The summed E-state index contributed by atoms with van der Waals surface area (Å²) < 4.78 is 5.30. The lowest BCUT2D eigenvalue weighted by molar-refractivity contribution is 0.0752. The molecule has 0 aliphatic heterocycles. The number of hydrogen-bond acceptors (Lipinski definition) is 3. The number of amides is 1. The molecule has 0 aliphatic rings. The first-order valence-corrected chi connectivity index (χ1v) is 8.41. The van der Waals surface area contributed by atoms with Gasteiger partial charge in [0, 0.05) is 24.5 Å². The highest BCUT2D eigenvalue weighted by molar-refractivity contribution is 6.06. The Balaban J connectivity index is 2.45. The molecule has 23 heavy (non-hydrogen) atoms. The smallest absolute Gasteiger partial charge is 0.337 e. The second kappa shape index (κ2) is 7.95. The molecule has 1 aromatic heterocycles. The lowest BCUT2D eigenvalue weighted by atomic mass is 10.1. The molecule has 124 valence electrons. The molecule has 0 atom stereocenters. The van der Waals surface area contributed by atoms with E-state index in [2.05, 4.69) is 13.8 Å². The average Bonchev–Trinajstić information content (AvgIpc) is 2.54. The molecule has 1 heterocycles. The number of unbranched alkanes of at least 4 members (excludes halogenated alkanes) is 2. The first-order chi connectivity index (χ1) is 11.1. The van der Waals surface area contributed by atoms with Crippen LogP contribution in [0.5, 0.6) is 0 Å². The zero-order valence-electron chi connectivity index (χ0n) is 14.2. The lowest BCUT2D eigenvalue weighted by Gasteiger charge is -2.23. The number of benzene rings is 1. The van der Waals surface area contributed by atoms with Gasteiger partial charge in [0.1, 0.15) is 5.58 Å². The summed E-state index contributed by atoms with van der Waals surface area (Å²) in [6.07, 6.45) is 4.00. The van der Waals surface area contributed by atoms with Crippen LogP contribution in [-0.4, -0.2) is 23.9 Å².